The summed E-state index contributed by atoms with van der Waals surface area (Å²) in [6, 6.07) is 19.2. The second-order valence-corrected chi connectivity index (χ2v) is 9.49. The van der Waals surface area contributed by atoms with Gasteiger partial charge in [0.2, 0.25) is 0 Å². The Bertz CT molecular complexity index is 1240. The molecule has 0 saturated heterocycles. The number of rotatable bonds is 4. The number of carbonyl (C=O) groups is 2. The molecule has 7 heteroatoms. The molecule has 2 N–H and O–H groups in total. The zero-order valence-electron chi connectivity index (χ0n) is 20.6. The van der Waals surface area contributed by atoms with Gasteiger partial charge in [0.1, 0.15) is 18.2 Å². The number of halogens is 1. The van der Waals surface area contributed by atoms with Gasteiger partial charge in [0.25, 0.3) is 11.8 Å². The lowest BCUT2D eigenvalue weighted by Gasteiger charge is -2.26. The number of amides is 2. The zero-order valence-corrected chi connectivity index (χ0v) is 20.6. The van der Waals surface area contributed by atoms with E-state index in [4.69, 9.17) is 9.47 Å². The van der Waals surface area contributed by atoms with Crippen molar-refractivity contribution in [2.75, 3.05) is 32.9 Å². The van der Waals surface area contributed by atoms with Gasteiger partial charge in [0.05, 0.1) is 13.2 Å². The zero-order chi connectivity index (χ0) is 25.5. The van der Waals surface area contributed by atoms with Crippen LogP contribution in [0.15, 0.2) is 66.7 Å². The first-order chi connectivity index (χ1) is 17.3. The molecule has 0 unspecified atom stereocenters. The first kappa shape index (κ1) is 25.4. The Morgan fingerprint density at radius 2 is 1.86 bits per heavy atom. The van der Waals surface area contributed by atoms with Crippen LogP contribution in [-0.4, -0.2) is 44.7 Å². The lowest BCUT2D eigenvalue weighted by Crippen LogP contribution is -2.36. The minimum Gasteiger partial charge on any atom is -0.491 e. The summed E-state index contributed by atoms with van der Waals surface area (Å²) in [5, 5.41) is 5.84. The predicted molar refractivity (Wildman–Crippen MR) is 136 cm³/mol. The number of carbonyl (C=O) groups excluding carboxylic acids is 2. The van der Waals surface area contributed by atoms with Crippen molar-refractivity contribution in [3.63, 3.8) is 0 Å². The molecule has 3 aromatic rings. The van der Waals surface area contributed by atoms with Crippen molar-refractivity contribution in [2.45, 2.75) is 25.7 Å². The highest BCUT2D eigenvalue weighted by molar-refractivity contribution is 5.95. The van der Waals surface area contributed by atoms with Crippen molar-refractivity contribution in [2.24, 2.45) is 0 Å². The summed E-state index contributed by atoms with van der Waals surface area (Å²) in [4.78, 5) is 25.5. The Labute approximate surface area is 210 Å². The van der Waals surface area contributed by atoms with Gasteiger partial charge in [0, 0.05) is 36.1 Å². The number of hydrogen-bond acceptors (Lipinski definition) is 4. The summed E-state index contributed by atoms with van der Waals surface area (Å²) in [5.41, 5.74) is 3.20. The Morgan fingerprint density at radius 3 is 2.69 bits per heavy atom. The maximum atomic E-state index is 13.7. The van der Waals surface area contributed by atoms with E-state index in [2.05, 4.69) is 10.6 Å². The summed E-state index contributed by atoms with van der Waals surface area (Å²) >= 11 is 0. The van der Waals surface area contributed by atoms with Crippen molar-refractivity contribution in [3.05, 3.63) is 100 Å². The average molecular weight is 491 g/mol. The summed E-state index contributed by atoms with van der Waals surface area (Å²) in [7, 11) is 0. The van der Waals surface area contributed by atoms with Crippen molar-refractivity contribution < 1.29 is 23.5 Å². The first-order valence-electron chi connectivity index (χ1n) is 12.1. The van der Waals surface area contributed by atoms with Crippen LogP contribution in [0.4, 0.5) is 4.39 Å². The highest BCUT2D eigenvalue weighted by Crippen LogP contribution is 2.26. The summed E-state index contributed by atoms with van der Waals surface area (Å²) in [6.45, 7) is 5.83. The molecule has 2 amide bonds. The number of nitrogens with one attached hydrogen (secondary N) is 2. The van der Waals surface area contributed by atoms with Gasteiger partial charge in [-0.1, -0.05) is 38.1 Å². The first-order valence-corrected chi connectivity index (χ1v) is 12.1. The molecule has 2 bridgehead atoms. The average Bonchev–Trinajstić information content (AvgIpc) is 2.87. The molecule has 0 aliphatic carbocycles. The van der Waals surface area contributed by atoms with E-state index >= 15 is 0 Å². The van der Waals surface area contributed by atoms with Gasteiger partial charge in [0.15, 0.2) is 0 Å². The van der Waals surface area contributed by atoms with Crippen LogP contribution < -0.4 is 15.4 Å². The van der Waals surface area contributed by atoms with E-state index in [1.165, 1.54) is 12.1 Å². The highest BCUT2D eigenvalue weighted by atomic mass is 19.1. The molecule has 3 aromatic carbocycles. The quantitative estimate of drug-likeness (QED) is 0.573. The van der Waals surface area contributed by atoms with Crippen LogP contribution >= 0.6 is 0 Å². The number of fused-ring (bicyclic) bond motifs is 3. The van der Waals surface area contributed by atoms with Crippen molar-refractivity contribution in [3.8, 4) is 5.75 Å². The molecule has 1 heterocycles. The third-order valence-electron chi connectivity index (χ3n) is 6.22. The molecule has 0 radical (unpaired) electrons. The molecule has 188 valence electrons. The second-order valence-electron chi connectivity index (χ2n) is 9.49. The molecule has 36 heavy (non-hydrogen) atoms. The standard InChI is InChI=1S/C29H31FN2O4/c1-29(2,24-7-4-8-25(30)18-24)19-32-28(34)22-9-10-26-23(17-22)16-20-5-3-6-21(15-20)27(33)31-11-12-35-13-14-36-26/h3-10,15,17-18H,11-14,16,19H2,1-2H3,(H,31,33)(H,32,34). The monoisotopic (exact) mass is 490 g/mol. The van der Waals surface area contributed by atoms with E-state index in [9.17, 15) is 14.0 Å². The Kier molecular flexibility index (Phi) is 8.00. The largest absolute Gasteiger partial charge is 0.491 e. The maximum Gasteiger partial charge on any atom is 0.251 e. The third-order valence-corrected chi connectivity index (χ3v) is 6.22. The van der Waals surface area contributed by atoms with Crippen LogP contribution in [0.25, 0.3) is 0 Å². The maximum absolute atomic E-state index is 13.7. The molecule has 0 aromatic heterocycles. The molecule has 6 nitrogen and oxygen atoms in total. The van der Waals surface area contributed by atoms with E-state index in [0.29, 0.717) is 56.2 Å². The lowest BCUT2D eigenvalue weighted by atomic mass is 9.84. The van der Waals surface area contributed by atoms with Crippen LogP contribution in [0.3, 0.4) is 0 Å². The van der Waals surface area contributed by atoms with Gasteiger partial charge in [-0.25, -0.2) is 4.39 Å². The minimum absolute atomic E-state index is 0.150. The summed E-state index contributed by atoms with van der Waals surface area (Å²) < 4.78 is 25.2. The molecule has 1 aliphatic rings. The van der Waals surface area contributed by atoms with Gasteiger partial charge >= 0.3 is 0 Å². The molecule has 0 spiro atoms. The second kappa shape index (κ2) is 11.4. The topological polar surface area (TPSA) is 76.7 Å². The molecule has 4 rings (SSSR count). The fourth-order valence-electron chi connectivity index (χ4n) is 4.11. The Balaban J connectivity index is 1.55. The Hall–Kier alpha value is -3.71. The van der Waals surface area contributed by atoms with E-state index in [-0.39, 0.29) is 17.6 Å². The van der Waals surface area contributed by atoms with Gasteiger partial charge in [-0.05, 0) is 59.2 Å². The molecule has 0 fully saturated rings. The van der Waals surface area contributed by atoms with Crippen molar-refractivity contribution >= 4 is 11.8 Å². The fourth-order valence-corrected chi connectivity index (χ4v) is 4.11. The summed E-state index contributed by atoms with van der Waals surface area (Å²) in [5.74, 6) is -0.00612. The van der Waals surface area contributed by atoms with Crippen LogP contribution in [-0.2, 0) is 16.6 Å². The van der Waals surface area contributed by atoms with Gasteiger partial charge in [-0.3, -0.25) is 9.59 Å². The number of ether oxygens (including phenoxy) is 2. The molecular weight excluding hydrogens is 459 g/mol. The normalized spacial score (nSPS) is 14.6. The highest BCUT2D eigenvalue weighted by Gasteiger charge is 2.23. The molecule has 0 atom stereocenters. The van der Waals surface area contributed by atoms with Gasteiger partial charge in [-0.15, -0.1) is 0 Å². The van der Waals surface area contributed by atoms with Crippen LogP contribution in [0, 0.1) is 5.82 Å². The molecular formula is C29H31FN2O4. The minimum atomic E-state index is -0.449. The third kappa shape index (κ3) is 6.49. The van der Waals surface area contributed by atoms with E-state index in [1.54, 1.807) is 24.3 Å². The fraction of sp³-hybridized carbons (Fsp3) is 0.310. The van der Waals surface area contributed by atoms with Crippen molar-refractivity contribution in [1.29, 1.82) is 0 Å². The van der Waals surface area contributed by atoms with E-state index in [1.807, 2.05) is 44.2 Å². The summed E-state index contributed by atoms with van der Waals surface area (Å²) in [6.07, 6.45) is 0.493. The Morgan fingerprint density at radius 1 is 1.03 bits per heavy atom. The van der Waals surface area contributed by atoms with Crippen LogP contribution in [0.5, 0.6) is 5.75 Å². The molecule has 0 saturated carbocycles. The molecule has 1 aliphatic heterocycles. The number of benzene rings is 3. The van der Waals surface area contributed by atoms with Gasteiger partial charge < -0.3 is 20.1 Å². The lowest BCUT2D eigenvalue weighted by molar-refractivity contribution is 0.0865. The van der Waals surface area contributed by atoms with Crippen molar-refractivity contribution in [1.82, 2.24) is 10.6 Å². The SMILES string of the molecule is CC(C)(CNC(=O)c1ccc2c(c1)Cc1cccc(c1)C(=O)NCCOCCO2)c1cccc(F)c1. The predicted octanol–water partition coefficient (Wildman–Crippen LogP) is 4.26. The van der Waals surface area contributed by atoms with E-state index < -0.39 is 5.41 Å². The van der Waals surface area contributed by atoms with Gasteiger partial charge in [-0.2, -0.15) is 0 Å². The number of hydrogen-bond donors (Lipinski definition) is 2. The van der Waals surface area contributed by atoms with Crippen LogP contribution in [0.1, 0.15) is 51.3 Å². The van der Waals surface area contributed by atoms with Crippen LogP contribution in [0.2, 0.25) is 0 Å². The van der Waals surface area contributed by atoms with E-state index in [0.717, 1.165) is 16.7 Å². The smallest absolute Gasteiger partial charge is 0.251 e.